The summed E-state index contributed by atoms with van der Waals surface area (Å²) < 4.78 is 10.9. The Morgan fingerprint density at radius 1 is 1.07 bits per heavy atom. The Kier molecular flexibility index (Phi) is 4.59. The molecule has 1 fully saturated rings. The Morgan fingerprint density at radius 2 is 1.82 bits per heavy atom. The van der Waals surface area contributed by atoms with Crippen LogP contribution >= 0.6 is 0 Å². The van der Waals surface area contributed by atoms with E-state index in [1.54, 1.807) is 32.4 Å². The second-order valence-corrected chi connectivity index (χ2v) is 7.64. The van der Waals surface area contributed by atoms with Gasteiger partial charge in [-0.05, 0) is 19.1 Å². The number of fused-ring (bicyclic) bond motifs is 2. The number of methoxy groups -OCH3 is 2. The number of amides is 1. The van der Waals surface area contributed by atoms with Crippen LogP contribution < -0.4 is 14.8 Å². The first kappa shape index (κ1) is 18.5. The summed E-state index contributed by atoms with van der Waals surface area (Å²) in [6.45, 7) is 3.72. The van der Waals surface area contributed by atoms with E-state index in [-0.39, 0.29) is 17.7 Å². The lowest BCUT2D eigenvalue weighted by Crippen LogP contribution is -2.47. The molecule has 4 rings (SSSR count). The third kappa shape index (κ3) is 2.85. The maximum atomic E-state index is 13.3. The Morgan fingerprint density at radius 3 is 2.54 bits per heavy atom. The number of nitrogens with one attached hydrogen (secondary N) is 1. The molecule has 1 amide bonds. The normalized spacial score (nSPS) is 24.2. The largest absolute Gasteiger partial charge is 0.493 e. The van der Waals surface area contributed by atoms with Gasteiger partial charge in [-0.2, -0.15) is 0 Å². The predicted octanol–water partition coefficient (Wildman–Crippen LogP) is 2.52. The summed E-state index contributed by atoms with van der Waals surface area (Å²) in [7, 11) is 3.24. The van der Waals surface area contributed by atoms with E-state index < -0.39 is 5.41 Å². The molecule has 1 saturated heterocycles. The van der Waals surface area contributed by atoms with Gasteiger partial charge in [-0.3, -0.25) is 14.5 Å². The molecule has 28 heavy (non-hydrogen) atoms. The van der Waals surface area contributed by atoms with Gasteiger partial charge in [0.2, 0.25) is 0 Å². The quantitative estimate of drug-likeness (QED) is 0.883. The van der Waals surface area contributed by atoms with Gasteiger partial charge in [-0.25, -0.2) is 0 Å². The van der Waals surface area contributed by atoms with Crippen molar-refractivity contribution < 1.29 is 19.1 Å². The van der Waals surface area contributed by atoms with E-state index in [0.717, 1.165) is 5.56 Å². The topological polar surface area (TPSA) is 67.9 Å². The van der Waals surface area contributed by atoms with E-state index in [0.29, 0.717) is 42.3 Å². The SMILES string of the molecule is COc1cccc(CN2C[C@H]3NC(=O)c4ccccc4C(=O)[C@@]3(C)C2)c1OC. The van der Waals surface area contributed by atoms with Crippen LogP contribution in [0, 0.1) is 5.41 Å². The Bertz CT molecular complexity index is 942. The van der Waals surface area contributed by atoms with Gasteiger partial charge in [0.1, 0.15) is 0 Å². The number of hydrogen-bond donors (Lipinski definition) is 1. The first-order valence-corrected chi connectivity index (χ1v) is 9.35. The molecule has 6 nitrogen and oxygen atoms in total. The van der Waals surface area contributed by atoms with Crippen molar-refractivity contribution in [2.24, 2.45) is 5.41 Å². The average Bonchev–Trinajstić information content (AvgIpc) is 2.99. The van der Waals surface area contributed by atoms with Crippen LogP contribution in [0.2, 0.25) is 0 Å². The van der Waals surface area contributed by atoms with Crippen LogP contribution in [0.1, 0.15) is 33.2 Å². The van der Waals surface area contributed by atoms with Crippen molar-refractivity contribution in [1.82, 2.24) is 10.2 Å². The summed E-state index contributed by atoms with van der Waals surface area (Å²) in [6.07, 6.45) is 0. The van der Waals surface area contributed by atoms with Gasteiger partial charge in [-0.15, -0.1) is 0 Å². The van der Waals surface area contributed by atoms with E-state index in [2.05, 4.69) is 10.2 Å². The predicted molar refractivity (Wildman–Crippen MR) is 105 cm³/mol. The second kappa shape index (κ2) is 6.95. The third-order valence-electron chi connectivity index (χ3n) is 5.88. The minimum absolute atomic E-state index is 0.0200. The molecule has 0 bridgehead atoms. The van der Waals surface area contributed by atoms with Crippen LogP contribution in [0.5, 0.6) is 11.5 Å². The number of Topliss-reactive ketones (excluding diaryl/α,β-unsaturated/α-hetero) is 1. The van der Waals surface area contributed by atoms with E-state index in [9.17, 15) is 9.59 Å². The molecule has 2 aliphatic heterocycles. The molecule has 0 radical (unpaired) electrons. The molecule has 0 aliphatic carbocycles. The summed E-state index contributed by atoms with van der Waals surface area (Å²) in [5.41, 5.74) is 1.28. The van der Waals surface area contributed by atoms with E-state index in [1.807, 2.05) is 31.2 Å². The zero-order chi connectivity index (χ0) is 19.9. The molecule has 2 aromatic rings. The van der Waals surface area contributed by atoms with Crippen molar-refractivity contribution in [3.63, 3.8) is 0 Å². The molecule has 1 N–H and O–H groups in total. The van der Waals surface area contributed by atoms with E-state index in [1.165, 1.54) is 0 Å². The summed E-state index contributed by atoms with van der Waals surface area (Å²) in [5.74, 6) is 1.21. The number of para-hydroxylation sites is 1. The maximum absolute atomic E-state index is 13.3. The van der Waals surface area contributed by atoms with E-state index in [4.69, 9.17) is 9.47 Å². The highest BCUT2D eigenvalue weighted by atomic mass is 16.5. The van der Waals surface area contributed by atoms with E-state index >= 15 is 0 Å². The monoisotopic (exact) mass is 380 g/mol. The van der Waals surface area contributed by atoms with Crippen LogP contribution in [-0.2, 0) is 6.54 Å². The van der Waals surface area contributed by atoms with Crippen LogP contribution in [0.4, 0.5) is 0 Å². The van der Waals surface area contributed by atoms with Crippen LogP contribution in [0.15, 0.2) is 42.5 Å². The number of likely N-dealkylation sites (tertiary alicyclic amines) is 1. The lowest BCUT2D eigenvalue weighted by atomic mass is 9.78. The smallest absolute Gasteiger partial charge is 0.252 e. The van der Waals surface area contributed by atoms with Gasteiger partial charge in [0.25, 0.3) is 5.91 Å². The van der Waals surface area contributed by atoms with Gasteiger partial charge in [0, 0.05) is 30.8 Å². The van der Waals surface area contributed by atoms with Gasteiger partial charge in [0.05, 0.1) is 31.2 Å². The zero-order valence-corrected chi connectivity index (χ0v) is 16.3. The number of benzene rings is 2. The van der Waals surface area contributed by atoms with Crippen molar-refractivity contribution in [3.8, 4) is 11.5 Å². The highest BCUT2D eigenvalue weighted by molar-refractivity contribution is 6.12. The first-order valence-electron chi connectivity index (χ1n) is 9.35. The number of ether oxygens (including phenoxy) is 2. The third-order valence-corrected chi connectivity index (χ3v) is 5.88. The molecule has 2 aromatic carbocycles. The Balaban J connectivity index is 1.64. The highest BCUT2D eigenvalue weighted by Crippen LogP contribution is 2.39. The fraction of sp³-hybridized carbons (Fsp3) is 0.364. The Labute approximate surface area is 164 Å². The van der Waals surface area contributed by atoms with Crippen molar-refractivity contribution in [3.05, 3.63) is 59.2 Å². The molecule has 0 aromatic heterocycles. The number of nitrogens with zero attached hydrogens (tertiary/aromatic N) is 1. The van der Waals surface area contributed by atoms with Crippen molar-refractivity contribution in [2.75, 3.05) is 27.3 Å². The van der Waals surface area contributed by atoms with Gasteiger partial charge in [-0.1, -0.05) is 30.3 Å². The zero-order valence-electron chi connectivity index (χ0n) is 16.3. The minimum atomic E-state index is -0.672. The summed E-state index contributed by atoms with van der Waals surface area (Å²) >= 11 is 0. The summed E-state index contributed by atoms with van der Waals surface area (Å²) in [5, 5.41) is 3.08. The highest BCUT2D eigenvalue weighted by Gasteiger charge is 2.51. The number of ketones is 1. The molecule has 2 aliphatic rings. The standard InChI is InChI=1S/C22H24N2O4/c1-22-13-24(11-14-7-6-10-17(27-2)19(14)28-3)12-18(22)23-21(26)16-9-5-4-8-15(16)20(22)25/h4-10,18H,11-13H2,1-3H3,(H,23,26)/t18-,22+/m1/s1. The molecule has 2 atom stereocenters. The molecule has 0 spiro atoms. The molecular weight excluding hydrogens is 356 g/mol. The Hall–Kier alpha value is -2.86. The van der Waals surface area contributed by atoms with Gasteiger partial charge < -0.3 is 14.8 Å². The summed E-state index contributed by atoms with van der Waals surface area (Å²) in [6, 6.07) is 12.6. The molecular formula is C22H24N2O4. The van der Waals surface area contributed by atoms with Crippen LogP contribution in [-0.4, -0.2) is 49.9 Å². The molecule has 2 heterocycles. The van der Waals surface area contributed by atoms with Crippen molar-refractivity contribution in [2.45, 2.75) is 19.5 Å². The first-order chi connectivity index (χ1) is 13.5. The molecule has 6 heteroatoms. The number of rotatable bonds is 4. The molecule has 0 saturated carbocycles. The van der Waals surface area contributed by atoms with Crippen LogP contribution in [0.3, 0.4) is 0 Å². The van der Waals surface area contributed by atoms with Gasteiger partial charge >= 0.3 is 0 Å². The molecule has 146 valence electrons. The van der Waals surface area contributed by atoms with Crippen LogP contribution in [0.25, 0.3) is 0 Å². The average molecular weight is 380 g/mol. The van der Waals surface area contributed by atoms with Crippen molar-refractivity contribution in [1.29, 1.82) is 0 Å². The van der Waals surface area contributed by atoms with Crippen molar-refractivity contribution >= 4 is 11.7 Å². The van der Waals surface area contributed by atoms with Gasteiger partial charge in [0.15, 0.2) is 17.3 Å². The number of carbonyl (C=O) groups excluding carboxylic acids is 2. The lowest BCUT2D eigenvalue weighted by molar-refractivity contribution is 0.0789. The second-order valence-electron chi connectivity index (χ2n) is 7.64. The fourth-order valence-electron chi connectivity index (χ4n) is 4.40. The summed E-state index contributed by atoms with van der Waals surface area (Å²) in [4.78, 5) is 28.2. The maximum Gasteiger partial charge on any atom is 0.252 e. The fourth-order valence-corrected chi connectivity index (χ4v) is 4.40. The molecule has 0 unspecified atom stereocenters. The minimum Gasteiger partial charge on any atom is -0.493 e. The lowest BCUT2D eigenvalue weighted by Gasteiger charge is -2.27. The number of hydrogen-bond acceptors (Lipinski definition) is 5. The number of carbonyl (C=O) groups is 2.